The van der Waals surface area contributed by atoms with Gasteiger partial charge in [-0.2, -0.15) is 0 Å². The molecule has 2 atom stereocenters. The van der Waals surface area contributed by atoms with Gasteiger partial charge in [0.05, 0.1) is 6.10 Å². The molecule has 0 unspecified atom stereocenters. The van der Waals surface area contributed by atoms with Crippen molar-refractivity contribution >= 4 is 12.0 Å². The fraction of sp³-hybridized carbons (Fsp3) is 0.857. The van der Waals surface area contributed by atoms with Gasteiger partial charge in [-0.15, -0.1) is 0 Å². The van der Waals surface area contributed by atoms with Crippen LogP contribution in [-0.2, 0) is 4.79 Å². The number of carboxylic acid groups (broad SMARTS) is 1. The number of aliphatic hydroxyl groups is 1. The maximum Gasteiger partial charge on any atom is 0.326 e. The van der Waals surface area contributed by atoms with Crippen molar-refractivity contribution in [1.82, 2.24) is 10.2 Å². The van der Waals surface area contributed by atoms with Gasteiger partial charge in [-0.1, -0.05) is 25.7 Å². The van der Waals surface area contributed by atoms with E-state index in [4.69, 9.17) is 5.11 Å². The highest BCUT2D eigenvalue weighted by atomic mass is 16.4. The molecular formula is C14H24N2O4. The smallest absolute Gasteiger partial charge is 0.326 e. The number of nitrogens with zero attached hydrogens (tertiary/aromatic N) is 1. The summed E-state index contributed by atoms with van der Waals surface area (Å²) < 4.78 is 0. The normalized spacial score (nSPS) is 26.9. The monoisotopic (exact) mass is 284 g/mol. The Morgan fingerprint density at radius 2 is 1.95 bits per heavy atom. The molecule has 1 aliphatic heterocycles. The lowest BCUT2D eigenvalue weighted by Gasteiger charge is -2.21. The van der Waals surface area contributed by atoms with E-state index in [9.17, 15) is 14.7 Å². The number of carboxylic acids is 1. The van der Waals surface area contributed by atoms with Crippen molar-refractivity contribution < 1.29 is 19.8 Å². The quantitative estimate of drug-likeness (QED) is 0.661. The van der Waals surface area contributed by atoms with E-state index in [1.54, 1.807) is 0 Å². The third-order valence-electron chi connectivity index (χ3n) is 4.37. The lowest BCUT2D eigenvalue weighted by Crippen LogP contribution is -2.46. The predicted octanol–water partition coefficient (Wildman–Crippen LogP) is 1.19. The molecule has 1 saturated carbocycles. The van der Waals surface area contributed by atoms with Crippen molar-refractivity contribution in [1.29, 1.82) is 0 Å². The van der Waals surface area contributed by atoms with E-state index in [-0.39, 0.29) is 19.0 Å². The molecule has 0 aromatic carbocycles. The lowest BCUT2D eigenvalue weighted by atomic mass is 10.0. The Hall–Kier alpha value is -1.30. The molecule has 3 N–H and O–H groups in total. The maximum absolute atomic E-state index is 11.9. The van der Waals surface area contributed by atoms with E-state index in [2.05, 4.69) is 5.32 Å². The van der Waals surface area contributed by atoms with Crippen LogP contribution >= 0.6 is 0 Å². The summed E-state index contributed by atoms with van der Waals surface area (Å²) >= 11 is 0. The van der Waals surface area contributed by atoms with Gasteiger partial charge in [-0.25, -0.2) is 9.59 Å². The summed E-state index contributed by atoms with van der Waals surface area (Å²) in [5.41, 5.74) is 0. The number of rotatable bonds is 5. The molecule has 1 heterocycles. The highest BCUT2D eigenvalue weighted by molar-refractivity contribution is 5.83. The number of hydrogen-bond acceptors (Lipinski definition) is 3. The third-order valence-corrected chi connectivity index (χ3v) is 4.37. The predicted molar refractivity (Wildman–Crippen MR) is 73.3 cm³/mol. The van der Waals surface area contributed by atoms with Crippen LogP contribution in [0, 0.1) is 5.92 Å². The third kappa shape index (κ3) is 3.85. The van der Waals surface area contributed by atoms with Crippen molar-refractivity contribution in [2.24, 2.45) is 5.92 Å². The van der Waals surface area contributed by atoms with Crippen LogP contribution in [0.5, 0.6) is 0 Å². The summed E-state index contributed by atoms with van der Waals surface area (Å²) in [7, 11) is 0. The van der Waals surface area contributed by atoms with E-state index in [0.717, 1.165) is 18.8 Å². The van der Waals surface area contributed by atoms with Gasteiger partial charge in [-0.3, -0.25) is 0 Å². The minimum atomic E-state index is -1.05. The zero-order valence-electron chi connectivity index (χ0n) is 11.8. The van der Waals surface area contributed by atoms with Gasteiger partial charge in [0.2, 0.25) is 0 Å². The second-order valence-corrected chi connectivity index (χ2v) is 5.92. The van der Waals surface area contributed by atoms with Crippen LogP contribution in [0.3, 0.4) is 0 Å². The number of β-amino-alcohol motifs (C(OH)–C–C–N with tert-alkyl or cyclic N) is 1. The summed E-state index contributed by atoms with van der Waals surface area (Å²) in [5.74, 6) is -0.255. The molecule has 0 bridgehead atoms. The van der Waals surface area contributed by atoms with Crippen LogP contribution in [0.1, 0.15) is 44.9 Å². The van der Waals surface area contributed by atoms with E-state index in [1.165, 1.54) is 30.6 Å². The van der Waals surface area contributed by atoms with Crippen LogP contribution in [0.4, 0.5) is 4.79 Å². The fourth-order valence-corrected chi connectivity index (χ4v) is 3.26. The van der Waals surface area contributed by atoms with Gasteiger partial charge >= 0.3 is 12.0 Å². The first-order valence-electron chi connectivity index (χ1n) is 7.53. The summed E-state index contributed by atoms with van der Waals surface area (Å²) in [6, 6.07) is -1.28. The van der Waals surface area contributed by atoms with Crippen molar-refractivity contribution in [2.75, 3.05) is 13.1 Å². The summed E-state index contributed by atoms with van der Waals surface area (Å²) in [4.78, 5) is 24.2. The molecule has 2 rings (SSSR count). The minimum Gasteiger partial charge on any atom is -0.480 e. The Labute approximate surface area is 119 Å². The standard InChI is InChI=1S/C14H24N2O4/c17-11-8-12(13(18)19)16(9-11)14(20)15-7-3-6-10-4-1-2-5-10/h10-12,17H,1-9H2,(H,15,20)(H,18,19)/t11-,12+/m1/s1. The van der Waals surface area contributed by atoms with Crippen LogP contribution in [0.25, 0.3) is 0 Å². The first-order chi connectivity index (χ1) is 9.58. The summed E-state index contributed by atoms with van der Waals surface area (Å²) in [5, 5.41) is 21.3. The van der Waals surface area contributed by atoms with Gasteiger partial charge in [0.1, 0.15) is 6.04 Å². The number of carbonyl (C=O) groups excluding carboxylic acids is 1. The fourth-order valence-electron chi connectivity index (χ4n) is 3.26. The van der Waals surface area contributed by atoms with Crippen molar-refractivity contribution in [2.45, 2.75) is 57.1 Å². The maximum atomic E-state index is 11.9. The lowest BCUT2D eigenvalue weighted by molar-refractivity contribution is -0.141. The zero-order chi connectivity index (χ0) is 14.5. The van der Waals surface area contributed by atoms with Gasteiger partial charge in [0, 0.05) is 19.5 Å². The van der Waals surface area contributed by atoms with E-state index >= 15 is 0 Å². The van der Waals surface area contributed by atoms with Crippen molar-refractivity contribution in [3.05, 3.63) is 0 Å². The number of hydrogen-bond donors (Lipinski definition) is 3. The molecule has 1 saturated heterocycles. The number of amides is 2. The van der Waals surface area contributed by atoms with Gasteiger partial charge in [0.15, 0.2) is 0 Å². The number of aliphatic hydroxyl groups excluding tert-OH is 1. The number of likely N-dealkylation sites (tertiary alicyclic amines) is 1. The molecule has 6 heteroatoms. The second-order valence-electron chi connectivity index (χ2n) is 5.92. The summed E-state index contributed by atoms with van der Waals surface area (Å²) in [6.45, 7) is 0.680. The first kappa shape index (κ1) is 15.1. The van der Waals surface area contributed by atoms with Crippen LogP contribution in [-0.4, -0.2) is 52.3 Å². The Morgan fingerprint density at radius 1 is 1.25 bits per heavy atom. The molecule has 0 aromatic heterocycles. The van der Waals surface area contributed by atoms with Crippen molar-refractivity contribution in [3.63, 3.8) is 0 Å². The molecule has 2 aliphatic rings. The van der Waals surface area contributed by atoms with E-state index in [1.807, 2.05) is 0 Å². The molecule has 114 valence electrons. The number of urea groups is 1. The molecule has 0 aromatic rings. The molecule has 0 radical (unpaired) electrons. The number of carbonyl (C=O) groups is 2. The molecule has 2 fully saturated rings. The van der Waals surface area contributed by atoms with Crippen molar-refractivity contribution in [3.8, 4) is 0 Å². The summed E-state index contributed by atoms with van der Waals surface area (Å²) in [6.07, 6.45) is 6.69. The zero-order valence-corrected chi connectivity index (χ0v) is 11.8. The number of aliphatic carboxylic acids is 1. The Morgan fingerprint density at radius 3 is 2.60 bits per heavy atom. The molecule has 20 heavy (non-hydrogen) atoms. The molecule has 1 aliphatic carbocycles. The minimum absolute atomic E-state index is 0.103. The Bertz CT molecular complexity index is 355. The van der Waals surface area contributed by atoms with Crippen LogP contribution in [0.2, 0.25) is 0 Å². The van der Waals surface area contributed by atoms with Crippen LogP contribution in [0.15, 0.2) is 0 Å². The Balaban J connectivity index is 1.69. The SMILES string of the molecule is O=C(O)[C@@H]1C[C@@H](O)CN1C(=O)NCCCC1CCCC1. The Kier molecular flexibility index (Phi) is 5.23. The highest BCUT2D eigenvalue weighted by Crippen LogP contribution is 2.28. The average molecular weight is 284 g/mol. The van der Waals surface area contributed by atoms with Crippen LogP contribution < -0.4 is 5.32 Å². The van der Waals surface area contributed by atoms with Gasteiger partial charge in [0.25, 0.3) is 0 Å². The highest BCUT2D eigenvalue weighted by Gasteiger charge is 2.38. The van der Waals surface area contributed by atoms with E-state index < -0.39 is 18.1 Å². The van der Waals surface area contributed by atoms with Gasteiger partial charge in [-0.05, 0) is 18.8 Å². The molecule has 6 nitrogen and oxygen atoms in total. The number of nitrogens with one attached hydrogen (secondary N) is 1. The average Bonchev–Trinajstić information content (AvgIpc) is 3.03. The molecule has 2 amide bonds. The largest absolute Gasteiger partial charge is 0.480 e. The second kappa shape index (κ2) is 6.92. The first-order valence-corrected chi connectivity index (χ1v) is 7.53. The van der Waals surface area contributed by atoms with Gasteiger partial charge < -0.3 is 20.4 Å². The topological polar surface area (TPSA) is 89.9 Å². The molecular weight excluding hydrogens is 260 g/mol. The molecule has 0 spiro atoms. The van der Waals surface area contributed by atoms with E-state index in [0.29, 0.717) is 6.54 Å².